The summed E-state index contributed by atoms with van der Waals surface area (Å²) in [6, 6.07) is 7.03. The normalized spacial score (nSPS) is 13.8. The van der Waals surface area contributed by atoms with Gasteiger partial charge in [0.2, 0.25) is 0 Å². The van der Waals surface area contributed by atoms with Gasteiger partial charge in [-0.15, -0.1) is 0 Å². The third kappa shape index (κ3) is 3.06. The van der Waals surface area contributed by atoms with Crippen molar-refractivity contribution in [3.05, 3.63) is 52.5 Å². The highest BCUT2D eigenvalue weighted by Crippen LogP contribution is 2.29. The van der Waals surface area contributed by atoms with E-state index < -0.39 is 15.9 Å². The van der Waals surface area contributed by atoms with Gasteiger partial charge in [-0.1, -0.05) is 0 Å². The molecule has 1 aliphatic carbocycles. The number of hydrogen-bond acceptors (Lipinski definition) is 6. The molecular formula is C17H14N2O5S. The molecule has 3 rings (SSSR count). The lowest BCUT2D eigenvalue weighted by atomic mass is 9.94. The van der Waals surface area contributed by atoms with Gasteiger partial charge >= 0.3 is 5.91 Å². The van der Waals surface area contributed by atoms with Crippen LogP contribution in [0.1, 0.15) is 50.6 Å². The second kappa shape index (κ2) is 6.18. The van der Waals surface area contributed by atoms with E-state index in [1.807, 2.05) is 10.8 Å². The smallest absolute Gasteiger partial charge is 0.300 e. The van der Waals surface area contributed by atoms with Crippen LogP contribution in [-0.2, 0) is 16.4 Å². The standard InChI is InChI=1S/C17H14N2O5S/c1-10-15-13(20)3-2-4-14(15)24-16(10)17(21)19-25(22,23)12-7-5-11(9-18)6-8-12/h5-8H,2-4H2,1H3,(H,19,21). The molecule has 1 aromatic carbocycles. The Balaban J connectivity index is 1.89. The molecule has 7 nitrogen and oxygen atoms in total. The van der Waals surface area contributed by atoms with Crippen LogP contribution < -0.4 is 4.72 Å². The maximum atomic E-state index is 12.4. The van der Waals surface area contributed by atoms with Crippen LogP contribution in [0.2, 0.25) is 0 Å². The summed E-state index contributed by atoms with van der Waals surface area (Å²) in [5.41, 5.74) is 1.04. The zero-order valence-electron chi connectivity index (χ0n) is 13.3. The number of furan rings is 1. The van der Waals surface area contributed by atoms with Crippen LogP contribution in [0, 0.1) is 18.3 Å². The number of sulfonamides is 1. The molecule has 1 heterocycles. The predicted octanol–water partition coefficient (Wildman–Crippen LogP) is 2.10. The molecule has 0 saturated heterocycles. The fourth-order valence-corrected chi connectivity index (χ4v) is 3.75. The van der Waals surface area contributed by atoms with Gasteiger partial charge in [0.1, 0.15) is 5.76 Å². The molecule has 0 fully saturated rings. The van der Waals surface area contributed by atoms with Gasteiger partial charge in [-0.05, 0) is 37.6 Å². The Bertz CT molecular complexity index is 1010. The summed E-state index contributed by atoms with van der Waals surface area (Å²) < 4.78 is 32.0. The van der Waals surface area contributed by atoms with E-state index in [1.165, 1.54) is 24.3 Å². The molecule has 8 heteroatoms. The summed E-state index contributed by atoms with van der Waals surface area (Å²) in [5.74, 6) is -0.771. The number of nitrogens with one attached hydrogen (secondary N) is 1. The summed E-state index contributed by atoms with van der Waals surface area (Å²) in [6.07, 6.45) is 1.57. The zero-order chi connectivity index (χ0) is 18.2. The van der Waals surface area contributed by atoms with Crippen LogP contribution in [0.5, 0.6) is 0 Å². The molecule has 0 bridgehead atoms. The number of nitriles is 1. The number of Topliss-reactive ketones (excluding diaryl/α,β-unsaturated/α-hetero) is 1. The van der Waals surface area contributed by atoms with Crippen molar-refractivity contribution in [2.45, 2.75) is 31.1 Å². The summed E-state index contributed by atoms with van der Waals surface area (Å²) >= 11 is 0. The maximum absolute atomic E-state index is 12.4. The highest BCUT2D eigenvalue weighted by molar-refractivity contribution is 7.90. The molecule has 1 aliphatic rings. The monoisotopic (exact) mass is 358 g/mol. The Morgan fingerprint density at radius 3 is 2.52 bits per heavy atom. The van der Waals surface area contributed by atoms with Crippen molar-refractivity contribution in [3.8, 4) is 6.07 Å². The topological polar surface area (TPSA) is 117 Å². The van der Waals surface area contributed by atoms with E-state index in [-0.39, 0.29) is 16.4 Å². The van der Waals surface area contributed by atoms with E-state index in [0.717, 1.165) is 0 Å². The highest BCUT2D eigenvalue weighted by Gasteiger charge is 2.30. The van der Waals surface area contributed by atoms with Crippen molar-refractivity contribution < 1.29 is 22.4 Å². The molecule has 0 aliphatic heterocycles. The Labute approximate surface area is 144 Å². The van der Waals surface area contributed by atoms with E-state index in [0.29, 0.717) is 41.7 Å². The summed E-state index contributed by atoms with van der Waals surface area (Å²) in [7, 11) is -4.12. The molecule has 1 N–H and O–H groups in total. The number of benzene rings is 1. The fraction of sp³-hybridized carbons (Fsp3) is 0.235. The molecule has 1 amide bonds. The number of fused-ring (bicyclic) bond motifs is 1. The molecule has 1 aromatic heterocycles. The van der Waals surface area contributed by atoms with E-state index in [9.17, 15) is 18.0 Å². The Hall–Kier alpha value is -2.92. The number of hydrogen-bond donors (Lipinski definition) is 1. The van der Waals surface area contributed by atoms with Gasteiger partial charge in [0.05, 0.1) is 22.1 Å². The lowest BCUT2D eigenvalue weighted by molar-refractivity contribution is 0.0944. The predicted molar refractivity (Wildman–Crippen MR) is 86.5 cm³/mol. The molecule has 25 heavy (non-hydrogen) atoms. The van der Waals surface area contributed by atoms with Gasteiger partial charge in [-0.2, -0.15) is 5.26 Å². The van der Waals surface area contributed by atoms with Crippen LogP contribution in [0.3, 0.4) is 0 Å². The third-order valence-electron chi connectivity index (χ3n) is 4.03. The van der Waals surface area contributed by atoms with E-state index in [4.69, 9.17) is 9.68 Å². The fourth-order valence-electron chi connectivity index (χ4n) is 2.80. The first-order valence-electron chi connectivity index (χ1n) is 7.56. The van der Waals surface area contributed by atoms with Crippen LogP contribution in [0.25, 0.3) is 0 Å². The van der Waals surface area contributed by atoms with Crippen molar-refractivity contribution >= 4 is 21.7 Å². The Morgan fingerprint density at radius 1 is 1.24 bits per heavy atom. The average Bonchev–Trinajstić information content (AvgIpc) is 2.93. The van der Waals surface area contributed by atoms with Crippen LogP contribution in [-0.4, -0.2) is 20.1 Å². The van der Waals surface area contributed by atoms with Crippen molar-refractivity contribution in [1.29, 1.82) is 5.26 Å². The Morgan fingerprint density at radius 2 is 1.92 bits per heavy atom. The summed E-state index contributed by atoms with van der Waals surface area (Å²) in [5, 5.41) is 8.75. The minimum absolute atomic E-state index is 0.100. The highest BCUT2D eigenvalue weighted by atomic mass is 32.2. The zero-order valence-corrected chi connectivity index (χ0v) is 14.1. The number of rotatable bonds is 3. The van der Waals surface area contributed by atoms with Gasteiger partial charge in [-0.25, -0.2) is 13.1 Å². The molecule has 0 atom stereocenters. The van der Waals surface area contributed by atoms with Crippen molar-refractivity contribution in [1.82, 2.24) is 4.72 Å². The summed E-state index contributed by atoms with van der Waals surface area (Å²) in [4.78, 5) is 24.2. The second-order valence-corrected chi connectivity index (χ2v) is 7.38. The number of carbonyl (C=O) groups is 2. The number of ketones is 1. The van der Waals surface area contributed by atoms with Gasteiger partial charge in [0, 0.05) is 18.4 Å². The molecule has 128 valence electrons. The first-order valence-corrected chi connectivity index (χ1v) is 9.04. The van der Waals surface area contributed by atoms with Crippen LogP contribution in [0.15, 0.2) is 33.6 Å². The quantitative estimate of drug-likeness (QED) is 0.898. The van der Waals surface area contributed by atoms with Crippen molar-refractivity contribution in [2.24, 2.45) is 0 Å². The largest absolute Gasteiger partial charge is 0.455 e. The summed E-state index contributed by atoms with van der Waals surface area (Å²) in [6.45, 7) is 1.56. The maximum Gasteiger partial charge on any atom is 0.300 e. The lowest BCUT2D eigenvalue weighted by Crippen LogP contribution is -2.30. The van der Waals surface area contributed by atoms with Crippen LogP contribution in [0.4, 0.5) is 0 Å². The van der Waals surface area contributed by atoms with Gasteiger partial charge in [0.25, 0.3) is 10.0 Å². The van der Waals surface area contributed by atoms with Crippen molar-refractivity contribution in [3.63, 3.8) is 0 Å². The van der Waals surface area contributed by atoms with Gasteiger partial charge in [-0.3, -0.25) is 9.59 Å². The van der Waals surface area contributed by atoms with Crippen LogP contribution >= 0.6 is 0 Å². The van der Waals surface area contributed by atoms with E-state index >= 15 is 0 Å². The molecule has 0 unspecified atom stereocenters. The minimum Gasteiger partial charge on any atom is -0.455 e. The number of nitrogens with zero attached hydrogens (tertiary/aromatic N) is 1. The molecular weight excluding hydrogens is 344 g/mol. The van der Waals surface area contributed by atoms with Gasteiger partial charge in [0.15, 0.2) is 11.5 Å². The first-order chi connectivity index (χ1) is 11.8. The van der Waals surface area contributed by atoms with Crippen molar-refractivity contribution in [2.75, 3.05) is 0 Å². The molecule has 0 spiro atoms. The number of amides is 1. The third-order valence-corrected chi connectivity index (χ3v) is 5.38. The lowest BCUT2D eigenvalue weighted by Gasteiger charge is -2.07. The van der Waals surface area contributed by atoms with E-state index in [1.54, 1.807) is 6.92 Å². The number of aryl methyl sites for hydroxylation is 1. The Kier molecular flexibility index (Phi) is 4.18. The first kappa shape index (κ1) is 16.9. The van der Waals surface area contributed by atoms with E-state index in [2.05, 4.69) is 0 Å². The minimum atomic E-state index is -4.12. The molecule has 2 aromatic rings. The second-order valence-electron chi connectivity index (χ2n) is 5.70. The molecule has 0 saturated carbocycles. The average molecular weight is 358 g/mol. The van der Waals surface area contributed by atoms with Gasteiger partial charge < -0.3 is 4.42 Å². The number of carbonyl (C=O) groups excluding carboxylic acids is 2. The SMILES string of the molecule is Cc1c(C(=O)NS(=O)(=O)c2ccc(C#N)cc2)oc2c1C(=O)CCC2. The molecule has 0 radical (unpaired) electrons.